The first kappa shape index (κ1) is 11.3. The van der Waals surface area contributed by atoms with Crippen molar-refractivity contribution in [2.24, 2.45) is 0 Å². The van der Waals surface area contributed by atoms with E-state index in [4.69, 9.17) is 7.85 Å². The number of rotatable bonds is 3. The van der Waals surface area contributed by atoms with E-state index in [9.17, 15) is 4.79 Å². The van der Waals surface area contributed by atoms with Gasteiger partial charge >= 0.3 is 0 Å². The van der Waals surface area contributed by atoms with Crippen LogP contribution in [0.1, 0.15) is 16.1 Å². The van der Waals surface area contributed by atoms with Gasteiger partial charge in [0.05, 0.1) is 0 Å². The van der Waals surface area contributed by atoms with Gasteiger partial charge in [-0.3, -0.25) is 14.8 Å². The van der Waals surface area contributed by atoms with E-state index in [1.165, 1.54) is 6.20 Å². The fourth-order valence-electron chi connectivity index (χ4n) is 1.32. The van der Waals surface area contributed by atoms with Crippen LogP contribution in [0.25, 0.3) is 0 Å². The van der Waals surface area contributed by atoms with E-state index in [1.807, 2.05) is 12.1 Å². The molecule has 0 aliphatic rings. The summed E-state index contributed by atoms with van der Waals surface area (Å²) < 4.78 is 0. The predicted molar refractivity (Wildman–Crippen MR) is 65.0 cm³/mol. The second-order valence-electron chi connectivity index (χ2n) is 3.52. The van der Waals surface area contributed by atoms with Gasteiger partial charge in [0.25, 0.3) is 5.91 Å². The lowest BCUT2D eigenvalue weighted by Gasteiger charge is -2.04. The molecular formula is C12H10BN3O. The van der Waals surface area contributed by atoms with Crippen molar-refractivity contribution in [3.63, 3.8) is 0 Å². The van der Waals surface area contributed by atoms with Crippen molar-refractivity contribution in [2.45, 2.75) is 6.54 Å². The minimum absolute atomic E-state index is 0.228. The number of aromatic nitrogens is 2. The van der Waals surface area contributed by atoms with Crippen molar-refractivity contribution in [1.82, 2.24) is 15.3 Å². The van der Waals surface area contributed by atoms with Crippen molar-refractivity contribution < 1.29 is 4.79 Å². The third kappa shape index (κ3) is 3.14. The Morgan fingerprint density at radius 2 is 2.18 bits per heavy atom. The van der Waals surface area contributed by atoms with Crippen LogP contribution in [-0.2, 0) is 6.54 Å². The second kappa shape index (κ2) is 5.25. The highest BCUT2D eigenvalue weighted by Gasteiger charge is 2.05. The normalized spacial score (nSPS) is 9.88. The van der Waals surface area contributed by atoms with E-state index in [2.05, 4.69) is 15.3 Å². The molecule has 1 N–H and O–H groups in total. The molecule has 0 atom stereocenters. The van der Waals surface area contributed by atoms with Gasteiger partial charge in [0.1, 0.15) is 13.5 Å². The summed E-state index contributed by atoms with van der Waals surface area (Å²) in [6.07, 6.45) is 4.85. The molecule has 2 heterocycles. The maximum absolute atomic E-state index is 11.7. The van der Waals surface area contributed by atoms with Crippen molar-refractivity contribution in [2.75, 3.05) is 0 Å². The summed E-state index contributed by atoms with van der Waals surface area (Å²) in [5, 5.41) is 2.75. The number of nitrogens with zero attached hydrogens (tertiary/aromatic N) is 2. The van der Waals surface area contributed by atoms with Crippen molar-refractivity contribution in [3.05, 3.63) is 54.1 Å². The Kier molecular flexibility index (Phi) is 3.50. The molecule has 4 nitrogen and oxygen atoms in total. The van der Waals surface area contributed by atoms with Crippen molar-refractivity contribution in [1.29, 1.82) is 0 Å². The highest BCUT2D eigenvalue weighted by Crippen LogP contribution is 1.96. The molecule has 0 unspecified atom stereocenters. The van der Waals surface area contributed by atoms with Crippen LogP contribution >= 0.6 is 0 Å². The van der Waals surface area contributed by atoms with E-state index in [-0.39, 0.29) is 5.91 Å². The van der Waals surface area contributed by atoms with Crippen molar-refractivity contribution in [3.8, 4) is 0 Å². The SMILES string of the molecule is [B]c1ccc(C(=O)NCc2cccnc2)nc1. The van der Waals surface area contributed by atoms with Gasteiger partial charge < -0.3 is 5.32 Å². The molecule has 0 fully saturated rings. The number of amides is 1. The fourth-order valence-corrected chi connectivity index (χ4v) is 1.32. The number of carbonyl (C=O) groups is 1. The predicted octanol–water partition coefficient (Wildman–Crippen LogP) is 0.200. The van der Waals surface area contributed by atoms with Crippen LogP contribution in [0.5, 0.6) is 0 Å². The van der Waals surface area contributed by atoms with E-state index in [1.54, 1.807) is 24.5 Å². The van der Waals surface area contributed by atoms with Gasteiger partial charge in [-0.1, -0.05) is 17.6 Å². The Balaban J connectivity index is 1.96. The van der Waals surface area contributed by atoms with Crippen LogP contribution in [0.15, 0.2) is 42.9 Å². The molecule has 2 aromatic rings. The van der Waals surface area contributed by atoms with Crippen LogP contribution in [0.4, 0.5) is 0 Å². The summed E-state index contributed by atoms with van der Waals surface area (Å²) in [6.45, 7) is 0.429. The smallest absolute Gasteiger partial charge is 0.270 e. The molecule has 0 aromatic carbocycles. The van der Waals surface area contributed by atoms with Gasteiger partial charge in [-0.05, 0) is 17.7 Å². The lowest BCUT2D eigenvalue weighted by molar-refractivity contribution is 0.0946. The maximum Gasteiger partial charge on any atom is 0.270 e. The highest BCUT2D eigenvalue weighted by atomic mass is 16.1. The Morgan fingerprint density at radius 1 is 1.29 bits per heavy atom. The molecule has 0 spiro atoms. The first-order chi connectivity index (χ1) is 8.25. The Morgan fingerprint density at radius 3 is 2.82 bits per heavy atom. The third-order valence-corrected chi connectivity index (χ3v) is 2.19. The van der Waals surface area contributed by atoms with Gasteiger partial charge in [-0.25, -0.2) is 0 Å². The van der Waals surface area contributed by atoms with Crippen molar-refractivity contribution >= 4 is 19.2 Å². The quantitative estimate of drug-likeness (QED) is 0.756. The van der Waals surface area contributed by atoms with E-state index >= 15 is 0 Å². The molecule has 82 valence electrons. The summed E-state index contributed by atoms with van der Waals surface area (Å²) >= 11 is 0. The van der Waals surface area contributed by atoms with E-state index in [0.717, 1.165) is 5.56 Å². The Labute approximate surface area is 101 Å². The molecule has 0 saturated carbocycles. The number of hydrogen-bond donors (Lipinski definition) is 1. The zero-order chi connectivity index (χ0) is 12.1. The summed E-state index contributed by atoms with van der Waals surface area (Å²) in [4.78, 5) is 19.6. The number of nitrogens with one attached hydrogen (secondary N) is 1. The highest BCUT2D eigenvalue weighted by molar-refractivity contribution is 6.32. The fraction of sp³-hybridized carbons (Fsp3) is 0.0833. The molecular weight excluding hydrogens is 213 g/mol. The van der Waals surface area contributed by atoms with Crippen LogP contribution in [0, 0.1) is 0 Å². The van der Waals surface area contributed by atoms with Crippen LogP contribution in [0.3, 0.4) is 0 Å². The number of carbonyl (C=O) groups excluding carboxylic acids is 1. The standard InChI is InChI=1S/C12H10BN3O/c13-10-3-4-11(15-8-10)12(17)16-7-9-2-1-5-14-6-9/h1-6,8H,7H2,(H,16,17). The van der Waals surface area contributed by atoms with Crippen LogP contribution in [-0.4, -0.2) is 23.7 Å². The molecule has 2 rings (SSSR count). The second-order valence-corrected chi connectivity index (χ2v) is 3.52. The van der Waals surface area contributed by atoms with Crippen LogP contribution < -0.4 is 10.8 Å². The summed E-state index contributed by atoms with van der Waals surface area (Å²) in [7, 11) is 5.49. The molecule has 0 bridgehead atoms. The minimum atomic E-state index is -0.228. The summed E-state index contributed by atoms with van der Waals surface area (Å²) in [5.74, 6) is -0.228. The van der Waals surface area contributed by atoms with Gasteiger partial charge in [-0.15, -0.1) is 0 Å². The first-order valence-electron chi connectivity index (χ1n) is 5.14. The van der Waals surface area contributed by atoms with Gasteiger partial charge in [0.15, 0.2) is 0 Å². The van der Waals surface area contributed by atoms with Gasteiger partial charge in [0.2, 0.25) is 0 Å². The topological polar surface area (TPSA) is 54.9 Å². The number of hydrogen-bond acceptors (Lipinski definition) is 3. The zero-order valence-electron chi connectivity index (χ0n) is 9.13. The van der Waals surface area contributed by atoms with Gasteiger partial charge in [0, 0.05) is 25.1 Å². The largest absolute Gasteiger partial charge is 0.347 e. The molecule has 2 radical (unpaired) electrons. The lowest BCUT2D eigenvalue weighted by atomic mass is 9.99. The lowest BCUT2D eigenvalue weighted by Crippen LogP contribution is -2.24. The first-order valence-corrected chi connectivity index (χ1v) is 5.14. The third-order valence-electron chi connectivity index (χ3n) is 2.19. The molecule has 2 aromatic heterocycles. The molecule has 0 saturated heterocycles. The minimum Gasteiger partial charge on any atom is -0.347 e. The van der Waals surface area contributed by atoms with E-state index < -0.39 is 0 Å². The molecule has 0 aliphatic carbocycles. The number of pyridine rings is 2. The average Bonchev–Trinajstić information content (AvgIpc) is 2.38. The summed E-state index contributed by atoms with van der Waals surface area (Å²) in [6, 6.07) is 6.95. The molecule has 17 heavy (non-hydrogen) atoms. The monoisotopic (exact) mass is 223 g/mol. The molecule has 1 amide bonds. The average molecular weight is 223 g/mol. The van der Waals surface area contributed by atoms with Crippen LogP contribution in [0.2, 0.25) is 0 Å². The molecule has 5 heteroatoms. The Bertz CT molecular complexity index is 499. The van der Waals surface area contributed by atoms with Gasteiger partial charge in [-0.2, -0.15) is 0 Å². The zero-order valence-corrected chi connectivity index (χ0v) is 9.13. The molecule has 0 aliphatic heterocycles. The maximum atomic E-state index is 11.7. The Hall–Kier alpha value is -2.17. The summed E-state index contributed by atoms with van der Waals surface area (Å²) in [5.41, 5.74) is 1.83. The van der Waals surface area contributed by atoms with E-state index in [0.29, 0.717) is 17.7 Å².